The van der Waals surface area contributed by atoms with Crippen molar-refractivity contribution in [1.29, 1.82) is 0 Å². The van der Waals surface area contributed by atoms with Gasteiger partial charge >= 0.3 is 0 Å². The molecule has 1 fully saturated rings. The molecular weight excluding hydrogens is 330 g/mol. The summed E-state index contributed by atoms with van der Waals surface area (Å²) in [6, 6.07) is 11.1. The molecule has 1 N–H and O–H groups in total. The van der Waals surface area contributed by atoms with Crippen LogP contribution in [0.4, 0.5) is 0 Å². The molecule has 0 saturated carbocycles. The van der Waals surface area contributed by atoms with Crippen molar-refractivity contribution >= 4 is 5.91 Å². The number of hydrogen-bond donors (Lipinski definition) is 1. The minimum atomic E-state index is -0.297. The summed E-state index contributed by atoms with van der Waals surface area (Å²) in [5, 5.41) is 6.15. The maximum absolute atomic E-state index is 12.4. The van der Waals surface area contributed by atoms with Crippen molar-refractivity contribution in [3.8, 4) is 5.75 Å². The van der Waals surface area contributed by atoms with Crippen LogP contribution in [-0.4, -0.2) is 40.7 Å². The average Bonchev–Trinajstić information content (AvgIpc) is 2.68. The van der Waals surface area contributed by atoms with E-state index in [9.17, 15) is 9.59 Å². The molecule has 1 aromatic heterocycles. The summed E-state index contributed by atoms with van der Waals surface area (Å²) in [4.78, 5) is 25.3. The molecule has 138 valence electrons. The zero-order valence-corrected chi connectivity index (χ0v) is 15.1. The predicted octanol–water partition coefficient (Wildman–Crippen LogP) is 2.65. The van der Waals surface area contributed by atoms with Crippen molar-refractivity contribution in [1.82, 2.24) is 15.1 Å². The summed E-state index contributed by atoms with van der Waals surface area (Å²) in [5.41, 5.74) is 1.33. The fourth-order valence-electron chi connectivity index (χ4n) is 3.34. The molecule has 2 heterocycles. The smallest absolute Gasteiger partial charge is 0.274 e. The number of nitrogens with one attached hydrogen (secondary N) is 1. The Balaban J connectivity index is 1.45. The summed E-state index contributed by atoms with van der Waals surface area (Å²) in [5.74, 6) is 1.44. The number of amides is 1. The van der Waals surface area contributed by atoms with Crippen LogP contribution in [0.3, 0.4) is 0 Å². The molecule has 0 atom stereocenters. The maximum atomic E-state index is 12.4. The minimum absolute atomic E-state index is 0.105. The normalized spacial score (nSPS) is 15.0. The van der Waals surface area contributed by atoms with Crippen LogP contribution in [0.15, 0.2) is 41.2 Å². The standard InChI is InChI=1S/C20H25N3O3/c1-2-26-17-7-5-15(6-8-17)3-4-16-11-13-23(14-12-16)20(25)18-9-10-19(24)22-21-18/h5-10,16H,2-4,11-14H2,1H3,(H,22,24). The second-order valence-corrected chi connectivity index (χ2v) is 6.66. The van der Waals surface area contributed by atoms with E-state index in [1.54, 1.807) is 0 Å². The van der Waals surface area contributed by atoms with Crippen LogP contribution in [-0.2, 0) is 6.42 Å². The molecule has 0 unspecified atom stereocenters. The Labute approximate surface area is 153 Å². The number of aryl methyl sites for hydroxylation is 1. The second-order valence-electron chi connectivity index (χ2n) is 6.66. The van der Waals surface area contributed by atoms with Crippen LogP contribution in [0.5, 0.6) is 5.75 Å². The van der Waals surface area contributed by atoms with Crippen molar-refractivity contribution in [3.63, 3.8) is 0 Å². The van der Waals surface area contributed by atoms with E-state index in [2.05, 4.69) is 22.3 Å². The molecule has 6 heteroatoms. The molecule has 2 aromatic rings. The highest BCUT2D eigenvalue weighted by molar-refractivity contribution is 5.92. The van der Waals surface area contributed by atoms with E-state index in [1.165, 1.54) is 17.7 Å². The first kappa shape index (κ1) is 18.2. The van der Waals surface area contributed by atoms with Crippen LogP contribution in [0.1, 0.15) is 42.2 Å². The monoisotopic (exact) mass is 355 g/mol. The van der Waals surface area contributed by atoms with Gasteiger partial charge in [0, 0.05) is 19.2 Å². The summed E-state index contributed by atoms with van der Waals surface area (Å²) in [6.45, 7) is 4.16. The number of likely N-dealkylation sites (tertiary alicyclic amines) is 1. The Hall–Kier alpha value is -2.63. The van der Waals surface area contributed by atoms with Gasteiger partial charge in [-0.2, -0.15) is 5.10 Å². The van der Waals surface area contributed by atoms with Gasteiger partial charge in [-0.3, -0.25) is 9.59 Å². The first-order valence-electron chi connectivity index (χ1n) is 9.22. The number of H-pyrrole nitrogens is 1. The molecule has 0 spiro atoms. The Kier molecular flexibility index (Phi) is 6.04. The van der Waals surface area contributed by atoms with Gasteiger partial charge in [0.2, 0.25) is 0 Å². The Morgan fingerprint density at radius 1 is 1.19 bits per heavy atom. The fraction of sp³-hybridized carbons (Fsp3) is 0.450. The maximum Gasteiger partial charge on any atom is 0.274 e. The van der Waals surface area contributed by atoms with Crippen molar-refractivity contribution in [2.75, 3.05) is 19.7 Å². The number of aromatic amines is 1. The lowest BCUT2D eigenvalue weighted by Gasteiger charge is -2.31. The molecular formula is C20H25N3O3. The summed E-state index contributed by atoms with van der Waals surface area (Å²) in [7, 11) is 0. The van der Waals surface area contributed by atoms with Crippen LogP contribution < -0.4 is 10.3 Å². The number of benzene rings is 1. The molecule has 1 amide bonds. The van der Waals surface area contributed by atoms with E-state index in [0.717, 1.165) is 44.5 Å². The van der Waals surface area contributed by atoms with Gasteiger partial charge in [-0.1, -0.05) is 12.1 Å². The lowest BCUT2D eigenvalue weighted by Crippen LogP contribution is -2.39. The van der Waals surface area contributed by atoms with Gasteiger partial charge < -0.3 is 9.64 Å². The number of hydrogen-bond acceptors (Lipinski definition) is 4. The van der Waals surface area contributed by atoms with Crippen LogP contribution in [0, 0.1) is 5.92 Å². The number of nitrogens with zero attached hydrogens (tertiary/aromatic N) is 2. The number of ether oxygens (including phenoxy) is 1. The van der Waals surface area contributed by atoms with Crippen LogP contribution >= 0.6 is 0 Å². The summed E-state index contributed by atoms with van der Waals surface area (Å²) < 4.78 is 5.47. The highest BCUT2D eigenvalue weighted by Gasteiger charge is 2.24. The lowest BCUT2D eigenvalue weighted by molar-refractivity contribution is 0.0679. The van der Waals surface area contributed by atoms with E-state index < -0.39 is 0 Å². The zero-order chi connectivity index (χ0) is 18.4. The molecule has 0 aliphatic carbocycles. The van der Waals surface area contributed by atoms with Gasteiger partial charge in [0.25, 0.3) is 11.5 Å². The Morgan fingerprint density at radius 2 is 1.92 bits per heavy atom. The third-order valence-corrected chi connectivity index (χ3v) is 4.88. The predicted molar refractivity (Wildman–Crippen MR) is 99.4 cm³/mol. The van der Waals surface area contributed by atoms with Crippen molar-refractivity contribution in [3.05, 3.63) is 58.0 Å². The molecule has 0 bridgehead atoms. The van der Waals surface area contributed by atoms with E-state index in [0.29, 0.717) is 18.2 Å². The number of rotatable bonds is 6. The summed E-state index contributed by atoms with van der Waals surface area (Å²) in [6.07, 6.45) is 4.19. The molecule has 3 rings (SSSR count). The molecule has 26 heavy (non-hydrogen) atoms. The highest BCUT2D eigenvalue weighted by Crippen LogP contribution is 2.24. The lowest BCUT2D eigenvalue weighted by atomic mass is 9.90. The average molecular weight is 355 g/mol. The second kappa shape index (κ2) is 8.65. The van der Waals surface area contributed by atoms with Crippen LogP contribution in [0.25, 0.3) is 0 Å². The van der Waals surface area contributed by atoms with Gasteiger partial charge in [0.1, 0.15) is 11.4 Å². The van der Waals surface area contributed by atoms with Crippen molar-refractivity contribution in [2.45, 2.75) is 32.6 Å². The molecule has 6 nitrogen and oxygen atoms in total. The number of aromatic nitrogens is 2. The molecule has 1 aliphatic rings. The number of carbonyl (C=O) groups excluding carboxylic acids is 1. The topological polar surface area (TPSA) is 75.3 Å². The van der Waals surface area contributed by atoms with Gasteiger partial charge in [-0.05, 0) is 62.3 Å². The van der Waals surface area contributed by atoms with E-state index in [1.807, 2.05) is 24.0 Å². The van der Waals surface area contributed by atoms with Gasteiger partial charge in [-0.25, -0.2) is 5.10 Å². The van der Waals surface area contributed by atoms with Gasteiger partial charge in [0.05, 0.1) is 6.61 Å². The van der Waals surface area contributed by atoms with Crippen molar-refractivity contribution in [2.24, 2.45) is 5.92 Å². The van der Waals surface area contributed by atoms with Gasteiger partial charge in [0.15, 0.2) is 0 Å². The Morgan fingerprint density at radius 3 is 2.54 bits per heavy atom. The molecule has 1 aliphatic heterocycles. The van der Waals surface area contributed by atoms with Crippen molar-refractivity contribution < 1.29 is 9.53 Å². The number of piperidine rings is 1. The first-order valence-corrected chi connectivity index (χ1v) is 9.22. The largest absolute Gasteiger partial charge is 0.494 e. The van der Waals surface area contributed by atoms with E-state index in [4.69, 9.17) is 4.74 Å². The minimum Gasteiger partial charge on any atom is -0.494 e. The molecule has 0 radical (unpaired) electrons. The third kappa shape index (κ3) is 4.71. The Bertz CT molecular complexity index is 757. The quantitative estimate of drug-likeness (QED) is 0.864. The zero-order valence-electron chi connectivity index (χ0n) is 15.1. The third-order valence-electron chi connectivity index (χ3n) is 4.88. The summed E-state index contributed by atoms with van der Waals surface area (Å²) >= 11 is 0. The van der Waals surface area contributed by atoms with E-state index >= 15 is 0 Å². The van der Waals surface area contributed by atoms with Crippen LogP contribution in [0.2, 0.25) is 0 Å². The first-order chi connectivity index (χ1) is 12.7. The molecule has 1 aromatic carbocycles. The fourth-order valence-corrected chi connectivity index (χ4v) is 3.34. The highest BCUT2D eigenvalue weighted by atomic mass is 16.5. The van der Waals surface area contributed by atoms with E-state index in [-0.39, 0.29) is 11.5 Å². The SMILES string of the molecule is CCOc1ccc(CCC2CCN(C(=O)c3ccc(=O)[nH]n3)CC2)cc1. The molecule has 1 saturated heterocycles. The van der Waals surface area contributed by atoms with Gasteiger partial charge in [-0.15, -0.1) is 0 Å². The number of carbonyl (C=O) groups is 1.